The molecule has 0 saturated heterocycles. The molecule has 3 N–H and O–H groups in total. The summed E-state index contributed by atoms with van der Waals surface area (Å²) in [7, 11) is 0. The van der Waals surface area contributed by atoms with Crippen molar-refractivity contribution >= 4 is 46.2 Å². The third kappa shape index (κ3) is 3.39. The Morgan fingerprint density at radius 2 is 1.63 bits per heavy atom. The van der Waals surface area contributed by atoms with Gasteiger partial charge in [-0.15, -0.1) is 0 Å². The zero-order chi connectivity index (χ0) is 22.2. The fraction of sp³-hybridized carbons (Fsp3) is 0.100. The predicted octanol–water partition coefficient (Wildman–Crippen LogP) is 3.12. The quantitative estimate of drug-likeness (QED) is 0.309. The smallest absolute Gasteiger partial charge is 0.365 e. The molecule has 0 bridgehead atoms. The minimum Gasteiger partial charge on any atom is -0.478 e. The zero-order valence-corrected chi connectivity index (χ0v) is 16.0. The summed E-state index contributed by atoms with van der Waals surface area (Å²) in [6.45, 7) is 0.816. The molecule has 0 atom stereocenters. The van der Waals surface area contributed by atoms with Gasteiger partial charge in [-0.25, -0.2) is 14.0 Å². The zero-order valence-electron chi connectivity index (χ0n) is 15.2. The van der Waals surface area contributed by atoms with Crippen molar-refractivity contribution in [1.29, 1.82) is 0 Å². The summed E-state index contributed by atoms with van der Waals surface area (Å²) in [5, 5.41) is 19.6. The molecule has 3 rings (SSSR count). The van der Waals surface area contributed by atoms with Crippen molar-refractivity contribution in [3.8, 4) is 0 Å². The Hall–Kier alpha value is -3.72. The Labute approximate surface area is 172 Å². The number of benzene rings is 2. The average molecular weight is 434 g/mol. The summed E-state index contributed by atoms with van der Waals surface area (Å²) in [6, 6.07) is 8.59. The third-order valence-corrected chi connectivity index (χ3v) is 4.60. The molecular formula is C20H13ClFNO7. The number of hydrogen-bond donors (Lipinski definition) is 3. The lowest BCUT2D eigenvalue weighted by molar-refractivity contribution is -0.191. The first kappa shape index (κ1) is 21.0. The van der Waals surface area contributed by atoms with Crippen molar-refractivity contribution in [2.75, 3.05) is 0 Å². The van der Waals surface area contributed by atoms with Crippen LogP contribution >= 0.6 is 11.6 Å². The Kier molecular flexibility index (Phi) is 5.32. The van der Waals surface area contributed by atoms with E-state index in [1.54, 1.807) is 0 Å². The van der Waals surface area contributed by atoms with Crippen LogP contribution in [0.3, 0.4) is 0 Å². The normalized spacial score (nSPS) is 11.3. The lowest BCUT2D eigenvalue weighted by Gasteiger charge is -2.25. The summed E-state index contributed by atoms with van der Waals surface area (Å²) in [5.41, 5.74) is -4.37. The molecule has 8 nitrogen and oxygen atoms in total. The van der Waals surface area contributed by atoms with Crippen molar-refractivity contribution in [2.45, 2.75) is 12.5 Å². The summed E-state index contributed by atoms with van der Waals surface area (Å²) in [4.78, 5) is 51.5. The topological polar surface area (TPSA) is 134 Å². The highest BCUT2D eigenvalue weighted by Gasteiger charge is 2.56. The van der Waals surface area contributed by atoms with Gasteiger partial charge in [0.1, 0.15) is 5.82 Å². The second-order valence-corrected chi connectivity index (χ2v) is 6.72. The number of ketones is 1. The summed E-state index contributed by atoms with van der Waals surface area (Å²) in [6.07, 6.45) is 0. The van der Waals surface area contributed by atoms with Crippen LogP contribution in [0.25, 0.3) is 10.9 Å². The molecule has 0 aliphatic rings. The van der Waals surface area contributed by atoms with E-state index >= 15 is 0 Å². The van der Waals surface area contributed by atoms with Gasteiger partial charge in [0.05, 0.1) is 11.3 Å². The second kappa shape index (κ2) is 7.60. The van der Waals surface area contributed by atoms with Gasteiger partial charge < -0.3 is 19.9 Å². The molecule has 30 heavy (non-hydrogen) atoms. The van der Waals surface area contributed by atoms with E-state index in [-0.39, 0.29) is 16.5 Å². The maximum Gasteiger partial charge on any atom is 0.365 e. The van der Waals surface area contributed by atoms with E-state index in [0.29, 0.717) is 5.02 Å². The van der Waals surface area contributed by atoms with E-state index in [0.717, 1.165) is 19.1 Å². The number of halogens is 2. The van der Waals surface area contributed by atoms with Crippen LogP contribution in [0.1, 0.15) is 28.5 Å². The summed E-state index contributed by atoms with van der Waals surface area (Å²) >= 11 is 5.81. The first-order valence-corrected chi connectivity index (χ1v) is 8.74. The number of nitrogens with one attached hydrogen (secondary N) is 1. The molecule has 0 spiro atoms. The van der Waals surface area contributed by atoms with Gasteiger partial charge in [0.25, 0.3) is 0 Å². The standard InChI is InChI=1S/C20H13ClFNO7/c1-9(24)30-20(18(26)27,19(28)29)15-13-8-12(22)6-7-14(13)23-16(15)17(25)10-2-4-11(21)5-3-10/h2-8,23H,1H3,(H,26,27)(H,28,29). The monoisotopic (exact) mass is 433 g/mol. The number of carboxylic acid groups (broad SMARTS) is 2. The molecule has 3 aromatic rings. The van der Waals surface area contributed by atoms with Gasteiger partial charge in [-0.3, -0.25) is 9.59 Å². The number of aromatic nitrogens is 1. The van der Waals surface area contributed by atoms with Crippen molar-refractivity contribution < 1.29 is 38.5 Å². The van der Waals surface area contributed by atoms with Crippen molar-refractivity contribution in [3.05, 3.63) is 70.1 Å². The second-order valence-electron chi connectivity index (χ2n) is 6.29. The number of aliphatic carboxylic acids is 2. The number of aromatic amines is 1. The van der Waals surface area contributed by atoms with Crippen LogP contribution in [0.4, 0.5) is 4.39 Å². The summed E-state index contributed by atoms with van der Waals surface area (Å²) < 4.78 is 18.7. The Morgan fingerprint density at radius 3 is 2.17 bits per heavy atom. The third-order valence-electron chi connectivity index (χ3n) is 4.35. The lowest BCUT2D eigenvalue weighted by atomic mass is 9.88. The van der Waals surface area contributed by atoms with E-state index in [1.807, 2.05) is 0 Å². The Morgan fingerprint density at radius 1 is 1.03 bits per heavy atom. The molecular weight excluding hydrogens is 421 g/mol. The molecule has 1 heterocycles. The van der Waals surface area contributed by atoms with Crippen LogP contribution in [0, 0.1) is 5.82 Å². The molecule has 0 radical (unpaired) electrons. The Balaban J connectivity index is 2.42. The average Bonchev–Trinajstić information content (AvgIpc) is 3.04. The van der Waals surface area contributed by atoms with E-state index in [1.165, 1.54) is 30.3 Å². The molecule has 0 amide bonds. The van der Waals surface area contributed by atoms with Crippen molar-refractivity contribution in [3.63, 3.8) is 0 Å². The number of carboxylic acids is 2. The molecule has 154 valence electrons. The number of carbonyl (C=O) groups excluding carboxylic acids is 2. The van der Waals surface area contributed by atoms with Crippen LogP contribution in [0.15, 0.2) is 42.5 Å². The van der Waals surface area contributed by atoms with Gasteiger partial charge in [0.2, 0.25) is 5.78 Å². The number of carbonyl (C=O) groups is 4. The SMILES string of the molecule is CC(=O)OC(C(=O)O)(C(=O)O)c1c(C(=O)c2ccc(Cl)cc2)[nH]c2ccc(F)cc12. The molecule has 0 unspecified atom stereocenters. The number of fused-ring (bicyclic) bond motifs is 1. The fourth-order valence-electron chi connectivity index (χ4n) is 3.11. The van der Waals surface area contributed by atoms with Gasteiger partial charge in [-0.1, -0.05) is 11.6 Å². The molecule has 0 fully saturated rings. The molecule has 0 saturated carbocycles. The molecule has 1 aromatic heterocycles. The number of rotatable bonds is 6. The first-order chi connectivity index (χ1) is 14.1. The van der Waals surface area contributed by atoms with Gasteiger partial charge in [-0.2, -0.15) is 0 Å². The maximum absolute atomic E-state index is 13.9. The van der Waals surface area contributed by atoms with Gasteiger partial charge in [0.15, 0.2) is 0 Å². The molecule has 0 aliphatic carbocycles. The van der Waals surface area contributed by atoms with E-state index in [9.17, 15) is 33.8 Å². The number of hydrogen-bond acceptors (Lipinski definition) is 5. The minimum atomic E-state index is -3.30. The Bertz CT molecular complexity index is 1190. The van der Waals surface area contributed by atoms with Crippen LogP contribution < -0.4 is 0 Å². The highest BCUT2D eigenvalue weighted by Crippen LogP contribution is 2.38. The lowest BCUT2D eigenvalue weighted by Crippen LogP contribution is -2.48. The van der Waals surface area contributed by atoms with Crippen molar-refractivity contribution in [1.82, 2.24) is 4.98 Å². The molecule has 2 aromatic carbocycles. The molecule has 0 aliphatic heterocycles. The minimum absolute atomic E-state index is 0.0418. The first-order valence-electron chi connectivity index (χ1n) is 8.36. The predicted molar refractivity (Wildman–Crippen MR) is 102 cm³/mol. The van der Waals surface area contributed by atoms with Crippen LogP contribution in [0.2, 0.25) is 5.02 Å². The number of H-pyrrole nitrogens is 1. The van der Waals surface area contributed by atoms with E-state index in [4.69, 9.17) is 16.3 Å². The fourth-order valence-corrected chi connectivity index (χ4v) is 3.23. The molecule has 10 heteroatoms. The number of esters is 1. The van der Waals surface area contributed by atoms with Crippen molar-refractivity contribution in [2.24, 2.45) is 0 Å². The maximum atomic E-state index is 13.9. The number of ether oxygens (including phenoxy) is 1. The van der Waals surface area contributed by atoms with Gasteiger partial charge in [0, 0.05) is 28.4 Å². The highest BCUT2D eigenvalue weighted by molar-refractivity contribution is 6.30. The van der Waals surface area contributed by atoms with E-state index < -0.39 is 46.4 Å². The highest BCUT2D eigenvalue weighted by atomic mass is 35.5. The van der Waals surface area contributed by atoms with Crippen LogP contribution in [-0.2, 0) is 24.7 Å². The summed E-state index contributed by atoms with van der Waals surface area (Å²) in [5.74, 6) is -6.99. The van der Waals surface area contributed by atoms with Gasteiger partial charge in [-0.05, 0) is 42.5 Å². The van der Waals surface area contributed by atoms with E-state index in [2.05, 4.69) is 4.98 Å². The van der Waals surface area contributed by atoms with Crippen LogP contribution in [-0.4, -0.2) is 38.9 Å². The van der Waals surface area contributed by atoms with Crippen LogP contribution in [0.5, 0.6) is 0 Å². The van der Waals surface area contributed by atoms with Gasteiger partial charge >= 0.3 is 23.5 Å². The largest absolute Gasteiger partial charge is 0.478 e.